The Kier molecular flexibility index (Phi) is 5.90. The van der Waals surface area contributed by atoms with E-state index < -0.39 is 0 Å². The lowest BCUT2D eigenvalue weighted by Crippen LogP contribution is -2.43. The van der Waals surface area contributed by atoms with Gasteiger partial charge in [0.2, 0.25) is 0 Å². The van der Waals surface area contributed by atoms with Crippen LogP contribution in [0.1, 0.15) is 33.1 Å². The van der Waals surface area contributed by atoms with Gasteiger partial charge < -0.3 is 15.1 Å². The van der Waals surface area contributed by atoms with Crippen molar-refractivity contribution in [2.75, 3.05) is 47.3 Å². The predicted molar refractivity (Wildman–Crippen MR) is 75.5 cm³/mol. The molecule has 1 saturated heterocycles. The van der Waals surface area contributed by atoms with E-state index in [4.69, 9.17) is 0 Å². The van der Waals surface area contributed by atoms with Crippen molar-refractivity contribution in [3.8, 4) is 0 Å². The maximum absolute atomic E-state index is 3.38. The molecule has 0 radical (unpaired) electrons. The maximum Gasteiger partial charge on any atom is 0.0229 e. The average Bonchev–Trinajstić information content (AvgIpc) is 2.77. The Hall–Kier alpha value is -0.120. The van der Waals surface area contributed by atoms with E-state index in [-0.39, 0.29) is 0 Å². The van der Waals surface area contributed by atoms with Gasteiger partial charge in [0.1, 0.15) is 0 Å². The zero-order valence-corrected chi connectivity index (χ0v) is 12.4. The number of hydrogen-bond acceptors (Lipinski definition) is 3. The number of nitrogens with zero attached hydrogens (tertiary/aromatic N) is 2. The van der Waals surface area contributed by atoms with Gasteiger partial charge in [-0.3, -0.25) is 0 Å². The van der Waals surface area contributed by atoms with Crippen LogP contribution in [0.25, 0.3) is 0 Å². The van der Waals surface area contributed by atoms with E-state index in [1.807, 2.05) is 0 Å². The van der Waals surface area contributed by atoms with Crippen molar-refractivity contribution < 1.29 is 0 Å². The quantitative estimate of drug-likeness (QED) is 0.731. The Morgan fingerprint density at radius 1 is 1.29 bits per heavy atom. The molecule has 17 heavy (non-hydrogen) atoms. The fourth-order valence-electron chi connectivity index (χ4n) is 3.01. The number of likely N-dealkylation sites (tertiary alicyclic amines) is 1. The summed E-state index contributed by atoms with van der Waals surface area (Å²) in [5, 5.41) is 3.38. The first-order valence-electron chi connectivity index (χ1n) is 7.10. The van der Waals surface area contributed by atoms with Gasteiger partial charge in [0.05, 0.1) is 0 Å². The van der Waals surface area contributed by atoms with Crippen LogP contribution in [-0.2, 0) is 0 Å². The van der Waals surface area contributed by atoms with Crippen LogP contribution >= 0.6 is 0 Å². The molecule has 1 fully saturated rings. The third-order valence-corrected chi connectivity index (χ3v) is 4.59. The molecular formula is C14H31N3. The molecule has 0 aromatic rings. The van der Waals surface area contributed by atoms with Crippen LogP contribution in [0, 0.1) is 5.41 Å². The Balaban J connectivity index is 2.51. The molecule has 1 rings (SSSR count). The van der Waals surface area contributed by atoms with Gasteiger partial charge in [0.25, 0.3) is 0 Å². The van der Waals surface area contributed by atoms with Crippen LogP contribution < -0.4 is 5.32 Å². The summed E-state index contributed by atoms with van der Waals surface area (Å²) in [4.78, 5) is 5.03. The smallest absolute Gasteiger partial charge is 0.0229 e. The highest BCUT2D eigenvalue weighted by molar-refractivity contribution is 4.88. The molecule has 1 aliphatic heterocycles. The molecule has 0 aromatic heterocycles. The second-order valence-corrected chi connectivity index (χ2v) is 5.88. The first kappa shape index (κ1) is 14.9. The van der Waals surface area contributed by atoms with Gasteiger partial charge in [-0.15, -0.1) is 0 Å². The minimum Gasteiger partial charge on any atom is -0.319 e. The lowest BCUT2D eigenvalue weighted by Gasteiger charge is -2.36. The van der Waals surface area contributed by atoms with Gasteiger partial charge in [0, 0.05) is 25.7 Å². The Morgan fingerprint density at radius 3 is 2.35 bits per heavy atom. The van der Waals surface area contributed by atoms with Gasteiger partial charge in [0.15, 0.2) is 0 Å². The van der Waals surface area contributed by atoms with E-state index in [0.717, 1.165) is 12.6 Å². The second kappa shape index (κ2) is 6.72. The van der Waals surface area contributed by atoms with Gasteiger partial charge in [-0.25, -0.2) is 0 Å². The summed E-state index contributed by atoms with van der Waals surface area (Å²) in [6.45, 7) is 9.59. The lowest BCUT2D eigenvalue weighted by molar-refractivity contribution is 0.149. The Bertz CT molecular complexity index is 212. The van der Waals surface area contributed by atoms with Gasteiger partial charge in [-0.2, -0.15) is 0 Å². The van der Waals surface area contributed by atoms with Gasteiger partial charge >= 0.3 is 0 Å². The van der Waals surface area contributed by atoms with E-state index >= 15 is 0 Å². The van der Waals surface area contributed by atoms with Crippen molar-refractivity contribution >= 4 is 0 Å². The highest BCUT2D eigenvalue weighted by Crippen LogP contribution is 2.28. The topological polar surface area (TPSA) is 18.5 Å². The minimum absolute atomic E-state index is 0.468. The van der Waals surface area contributed by atoms with Crippen molar-refractivity contribution in [3.05, 3.63) is 0 Å². The fourth-order valence-corrected chi connectivity index (χ4v) is 3.01. The first-order valence-corrected chi connectivity index (χ1v) is 7.10. The minimum atomic E-state index is 0.468. The zero-order valence-electron chi connectivity index (χ0n) is 12.4. The number of likely N-dealkylation sites (N-methyl/N-ethyl adjacent to an activating group) is 1. The summed E-state index contributed by atoms with van der Waals surface area (Å²) in [7, 11) is 6.48. The van der Waals surface area contributed by atoms with Crippen LogP contribution in [0.15, 0.2) is 0 Å². The lowest BCUT2D eigenvalue weighted by atomic mass is 9.81. The van der Waals surface area contributed by atoms with E-state index in [1.54, 1.807) is 0 Å². The van der Waals surface area contributed by atoms with Crippen LogP contribution in [-0.4, -0.2) is 63.2 Å². The number of rotatable bonds is 7. The molecule has 102 valence electrons. The molecule has 1 atom stereocenters. The van der Waals surface area contributed by atoms with Gasteiger partial charge in [-0.05, 0) is 52.4 Å². The molecule has 3 nitrogen and oxygen atoms in total. The van der Waals surface area contributed by atoms with Crippen LogP contribution in [0.4, 0.5) is 0 Å². The monoisotopic (exact) mass is 241 g/mol. The fraction of sp³-hybridized carbons (Fsp3) is 1.00. The molecule has 1 N–H and O–H groups in total. The third-order valence-electron chi connectivity index (χ3n) is 4.59. The summed E-state index contributed by atoms with van der Waals surface area (Å²) in [6.07, 6.45) is 3.87. The summed E-state index contributed by atoms with van der Waals surface area (Å²) in [5.41, 5.74) is 0.468. The normalized spacial score (nSPS) is 22.6. The zero-order chi connectivity index (χ0) is 12.9. The van der Waals surface area contributed by atoms with E-state index in [0.29, 0.717) is 5.41 Å². The SMILES string of the molecule is CCC(CC)(CNC)CN1CCC(N(C)C)C1. The summed E-state index contributed by atoms with van der Waals surface area (Å²) in [6, 6.07) is 0.760. The Labute approximate surface area is 108 Å². The van der Waals surface area contributed by atoms with Crippen LogP contribution in [0.5, 0.6) is 0 Å². The van der Waals surface area contributed by atoms with E-state index in [1.165, 1.54) is 38.9 Å². The first-order chi connectivity index (χ1) is 8.06. The summed E-state index contributed by atoms with van der Waals surface area (Å²) in [5.74, 6) is 0. The van der Waals surface area contributed by atoms with Crippen LogP contribution in [0.2, 0.25) is 0 Å². The van der Waals surface area contributed by atoms with E-state index in [9.17, 15) is 0 Å². The molecule has 1 aliphatic rings. The third kappa shape index (κ3) is 3.94. The molecule has 0 spiro atoms. The largest absolute Gasteiger partial charge is 0.319 e. The molecule has 1 heterocycles. The molecule has 0 aliphatic carbocycles. The standard InChI is InChI=1S/C14H31N3/c1-6-14(7-2,11-15-3)12-17-9-8-13(10-17)16(4)5/h13,15H,6-12H2,1-5H3. The number of nitrogens with one attached hydrogen (secondary N) is 1. The van der Waals surface area contributed by atoms with Gasteiger partial charge in [-0.1, -0.05) is 13.8 Å². The molecule has 3 heteroatoms. The molecule has 0 bridgehead atoms. The summed E-state index contributed by atoms with van der Waals surface area (Å²) < 4.78 is 0. The average molecular weight is 241 g/mol. The highest BCUT2D eigenvalue weighted by Gasteiger charge is 2.32. The van der Waals surface area contributed by atoms with E-state index in [2.05, 4.69) is 50.1 Å². The highest BCUT2D eigenvalue weighted by atomic mass is 15.2. The molecular weight excluding hydrogens is 210 g/mol. The van der Waals surface area contributed by atoms with Crippen molar-refractivity contribution in [2.45, 2.75) is 39.2 Å². The molecule has 0 amide bonds. The predicted octanol–water partition coefficient (Wildman–Crippen LogP) is 1.65. The maximum atomic E-state index is 3.38. The molecule has 1 unspecified atom stereocenters. The molecule has 0 saturated carbocycles. The van der Waals surface area contributed by atoms with Crippen molar-refractivity contribution in [1.82, 2.24) is 15.1 Å². The summed E-state index contributed by atoms with van der Waals surface area (Å²) >= 11 is 0. The second-order valence-electron chi connectivity index (χ2n) is 5.88. The number of hydrogen-bond donors (Lipinski definition) is 1. The van der Waals surface area contributed by atoms with Crippen molar-refractivity contribution in [3.63, 3.8) is 0 Å². The van der Waals surface area contributed by atoms with Crippen LogP contribution in [0.3, 0.4) is 0 Å². The Morgan fingerprint density at radius 2 is 1.94 bits per heavy atom. The van der Waals surface area contributed by atoms with Crippen molar-refractivity contribution in [1.29, 1.82) is 0 Å². The molecule has 0 aromatic carbocycles. The van der Waals surface area contributed by atoms with Crippen molar-refractivity contribution in [2.24, 2.45) is 5.41 Å².